The second-order valence-corrected chi connectivity index (χ2v) is 56.8. The second-order valence-electron chi connectivity index (χ2n) is 56.8. The molecule has 0 aromatic carbocycles. The molecule has 11 nitrogen and oxygen atoms in total. The second kappa shape index (κ2) is 60.7. The molecule has 3 aliphatic carbocycles. The van der Waals surface area contributed by atoms with E-state index in [4.69, 9.17) is 0 Å². The Kier molecular flexibility index (Phi) is 67.8. The molecule has 0 heterocycles. The van der Waals surface area contributed by atoms with Crippen molar-refractivity contribution in [3.8, 4) is 11.8 Å². The van der Waals surface area contributed by atoms with Crippen molar-refractivity contribution < 1.29 is 136 Å². The minimum absolute atomic E-state index is 0. The van der Waals surface area contributed by atoms with E-state index in [0.29, 0.717) is 22.7 Å². The summed E-state index contributed by atoms with van der Waals surface area (Å²) in [6.45, 7) is 124. The Balaban J connectivity index is -0.000000164. The summed E-state index contributed by atoms with van der Waals surface area (Å²) in [5.41, 5.74) is 8.36. The molecule has 0 aromatic rings. The molecule has 3 aliphatic rings. The molecule has 0 radical (unpaired) electrons. The standard InChI is InChI=1S/C16H26O.C14H24O2.C14H24O.2C13H22O.2C11H19O.C11H18O.C10H16O2.C10H19.2U.W/c1-15(2,3)10-12-8-7-9-13(14(12)17)11-16(4,5)6;1-9(15)11(10(2)16)12(13(3,4)5)14(6,7)8;1-13(2,3)12(14(4,5)6)10-8-7-9-11(10)15;1-12(2,3)9-7-8-10(14)11(9)13(4,5)6;1-12(2,3)9-7-11(14)8-10-13(4,5)6;3*1-10(2,3)8-7-9(12)11(4,5)6;1-7(11)9(8(2)12)6-10(3,4)5;1-9(2,3)7-8-10(4,5)6;;;/h10-11H,7-9H2,1-6H3;1-8H3;7-9H2,1-6H3;7-8H2,1-6H3;7-10H,1-6H3;2*8H,1-6H3;1-6H3;6H,1-5H3;7H,1-6H3;;;/q;;;;;2*-1;;;-1;;;/b12-10+,13-11?;;;;9-7+,10-8?;;;;;;;;. The summed E-state index contributed by atoms with van der Waals surface area (Å²) in [5.74, 6) is 6.26. The molecule has 0 aromatic heterocycles. The van der Waals surface area contributed by atoms with Crippen LogP contribution in [0.3, 0.4) is 0 Å². The van der Waals surface area contributed by atoms with Crippen molar-refractivity contribution >= 4 is 63.6 Å². The van der Waals surface area contributed by atoms with Gasteiger partial charge < -0.3 is 27.8 Å². The average Bonchev–Trinajstić information content (AvgIpc) is 1.77. The number of carbonyl (C=O) groups is 11. The molecule has 14 heteroatoms. The molecule has 0 aliphatic heterocycles. The van der Waals surface area contributed by atoms with Gasteiger partial charge in [-0.2, -0.15) is 5.41 Å². The molecule has 2 fully saturated rings. The van der Waals surface area contributed by atoms with Crippen molar-refractivity contribution in [3.05, 3.63) is 129 Å². The van der Waals surface area contributed by atoms with E-state index in [9.17, 15) is 52.7 Å². The van der Waals surface area contributed by atoms with Gasteiger partial charge in [0.2, 0.25) is 5.78 Å². The normalized spacial score (nSPS) is 15.3. The SMILES string of the molecule is CC(=O)C(=CC(C)(C)C)C(C)=O.CC(=O)C(C(C)=O)=C(C(C)(C)C)C(C)(C)C.CC(C)(C)C#CC(=O)C(C)(C)C.CC(C)(C)C(=C1CCCC1=O)C(C)(C)C.CC(C)(C)C1=C(C(C)(C)C)C(=O)CC1.CC(C)(C)C=C1CCC/C(=C\C(C)(C)C)C1=O.CC(C)(C)C=CC(=O)/C=C/C(C)(C)C.CC(C)(C)C=[C-]C(=O)C(C)(C)C.CC(C)(C)C=[C-]C(=O)C(C)(C)C.CC(C)(C)[C-]=CC(C)(C)C.[U].[U].[W]. The summed E-state index contributed by atoms with van der Waals surface area (Å²) in [4.78, 5) is 127. The first-order chi connectivity index (χ1) is 58.2. The van der Waals surface area contributed by atoms with Gasteiger partial charge in [-0.05, 0) is 209 Å². The maximum absolute atomic E-state index is 12.3. The van der Waals surface area contributed by atoms with Gasteiger partial charge in [0.25, 0.3) is 0 Å². The van der Waals surface area contributed by atoms with Crippen molar-refractivity contribution in [1.82, 2.24) is 0 Å². The third kappa shape index (κ3) is 83.8. The number of carbonyl (C=O) groups excluding carboxylic acids is 11. The minimum Gasteiger partial charge on any atom is -0.494 e. The molecule has 0 amide bonds. The topological polar surface area (TPSA) is 188 Å². The zero-order valence-corrected chi connectivity index (χ0v) is 112. The third-order valence-electron chi connectivity index (χ3n) is 18.6. The number of allylic oxidation sites excluding steroid dienone is 22. The summed E-state index contributed by atoms with van der Waals surface area (Å²) in [6.07, 6.45) is 35.4. The molecule has 0 spiro atoms. The largest absolute Gasteiger partial charge is 0.494 e. The Labute approximate surface area is 909 Å². The maximum Gasteiger partial charge on any atom is 0.210 e. The predicted molar refractivity (Wildman–Crippen MR) is 579 cm³/mol. The van der Waals surface area contributed by atoms with Gasteiger partial charge in [-0.1, -0.05) is 438 Å². The Morgan fingerprint density at radius 2 is 0.650 bits per heavy atom. The van der Waals surface area contributed by atoms with Crippen LogP contribution in [0.25, 0.3) is 0 Å². The van der Waals surface area contributed by atoms with Crippen LogP contribution in [0.1, 0.15) is 474 Å². The summed E-state index contributed by atoms with van der Waals surface area (Å²) in [6, 6.07) is 0. The zero-order chi connectivity index (χ0) is 109. The van der Waals surface area contributed by atoms with Crippen LogP contribution in [0.2, 0.25) is 0 Å². The van der Waals surface area contributed by atoms with Crippen molar-refractivity contribution in [1.29, 1.82) is 0 Å². The number of Topliss-reactive ketones (excluding diaryl/α,β-unsaturated/α-hetero) is 10. The van der Waals surface area contributed by atoms with E-state index < -0.39 is 0 Å². The zero-order valence-electron chi connectivity index (χ0n) is 100. The van der Waals surface area contributed by atoms with E-state index in [1.54, 1.807) is 18.2 Å². The third-order valence-corrected chi connectivity index (χ3v) is 18.6. The molecule has 0 N–H and O–H groups in total. The van der Waals surface area contributed by atoms with E-state index in [2.05, 4.69) is 298 Å². The quantitative estimate of drug-likeness (QED) is 0.0562. The molecule has 0 bridgehead atoms. The average molecular weight is 2520 g/mol. The summed E-state index contributed by atoms with van der Waals surface area (Å²) in [7, 11) is 0. The van der Waals surface area contributed by atoms with Crippen LogP contribution in [-0.2, 0) is 73.8 Å². The molecule has 0 unspecified atom stereocenters. The van der Waals surface area contributed by atoms with Crippen LogP contribution in [0.5, 0.6) is 0 Å². The number of hydrogen-bond donors (Lipinski definition) is 0. The van der Waals surface area contributed by atoms with E-state index in [1.807, 2.05) is 170 Å². The van der Waals surface area contributed by atoms with E-state index in [0.717, 1.165) is 79.2 Å². The fraction of sp³-hybridized carbons (Fsp3) is 0.715. The van der Waals surface area contributed by atoms with E-state index >= 15 is 0 Å². The summed E-state index contributed by atoms with van der Waals surface area (Å²) >= 11 is 0. The van der Waals surface area contributed by atoms with Crippen LogP contribution >= 0.6 is 0 Å². The van der Waals surface area contributed by atoms with Gasteiger partial charge in [0.1, 0.15) is 0 Å². The molecule has 3 rings (SSSR count). The van der Waals surface area contributed by atoms with Gasteiger partial charge in [0.15, 0.2) is 46.3 Å². The molecule has 2 saturated carbocycles. The summed E-state index contributed by atoms with van der Waals surface area (Å²) < 4.78 is 0. The number of ketones is 11. The molecule has 0 saturated heterocycles. The van der Waals surface area contributed by atoms with Crippen molar-refractivity contribution in [2.45, 2.75) is 474 Å². The molecule has 137 heavy (non-hydrogen) atoms. The van der Waals surface area contributed by atoms with Crippen molar-refractivity contribution in [3.63, 3.8) is 0 Å². The smallest absolute Gasteiger partial charge is 0.210 e. The van der Waals surface area contributed by atoms with Gasteiger partial charge in [-0.25, -0.2) is 0 Å². The minimum atomic E-state index is -0.335. The first-order valence-corrected chi connectivity index (χ1v) is 49.2. The molecular formula is C123H209O11U2W-3. The van der Waals surface area contributed by atoms with E-state index in [-0.39, 0.29) is 238 Å². The Morgan fingerprint density at radius 3 is 0.832 bits per heavy atom. The molecule has 0 atom stereocenters. The molecule has 784 valence electrons. The van der Waals surface area contributed by atoms with Gasteiger partial charge in [-0.15, -0.1) is 0 Å². The van der Waals surface area contributed by atoms with Crippen molar-refractivity contribution in [2.24, 2.45) is 103 Å². The first kappa shape index (κ1) is 153. The fourth-order valence-electron chi connectivity index (χ4n) is 13.5. The van der Waals surface area contributed by atoms with Crippen molar-refractivity contribution in [2.75, 3.05) is 0 Å². The number of rotatable bonds is 8. The van der Waals surface area contributed by atoms with Crippen LogP contribution in [-0.4, -0.2) is 63.6 Å². The Bertz CT molecular complexity index is 4120. The van der Waals surface area contributed by atoms with Crippen LogP contribution in [0.15, 0.2) is 111 Å². The van der Waals surface area contributed by atoms with E-state index in [1.165, 1.54) is 38.8 Å². The summed E-state index contributed by atoms with van der Waals surface area (Å²) in [5, 5.41) is 0. The van der Waals surface area contributed by atoms with Gasteiger partial charge in [0.05, 0.1) is 11.1 Å². The van der Waals surface area contributed by atoms with Crippen LogP contribution < -0.4 is 0 Å². The predicted octanol–water partition coefficient (Wildman–Crippen LogP) is 34.1. The maximum atomic E-state index is 12.3. The van der Waals surface area contributed by atoms with Crippen LogP contribution in [0, 0.1) is 195 Å². The van der Waals surface area contributed by atoms with Gasteiger partial charge in [-0.3, -0.25) is 61.4 Å². The van der Waals surface area contributed by atoms with Gasteiger partial charge >= 0.3 is 0 Å². The Morgan fingerprint density at radius 1 is 0.328 bits per heavy atom. The fourth-order valence-corrected chi connectivity index (χ4v) is 13.5. The Hall–Kier alpha value is -4.14. The van der Waals surface area contributed by atoms with Gasteiger partial charge in [0, 0.05) is 113 Å². The molecular weight excluding hydrogens is 2310 g/mol. The monoisotopic (exact) mass is 2520 g/mol. The van der Waals surface area contributed by atoms with Crippen LogP contribution in [0.4, 0.5) is 0 Å². The first-order valence-electron chi connectivity index (χ1n) is 49.2. The number of hydrogen-bond acceptors (Lipinski definition) is 11.